The average Bonchev–Trinajstić information content (AvgIpc) is 3.30. The number of para-hydroxylation sites is 1. The van der Waals surface area contributed by atoms with Crippen LogP contribution in [0.2, 0.25) is 0 Å². The number of anilines is 2. The molecule has 0 saturated heterocycles. The zero-order valence-corrected chi connectivity index (χ0v) is 16.7. The molecule has 7 heteroatoms. The van der Waals surface area contributed by atoms with E-state index in [1.54, 1.807) is 28.2 Å². The van der Waals surface area contributed by atoms with E-state index < -0.39 is 0 Å². The maximum Gasteiger partial charge on any atom is 0.253 e. The molecule has 5 rings (SSSR count). The van der Waals surface area contributed by atoms with E-state index in [2.05, 4.69) is 30.0 Å². The van der Waals surface area contributed by atoms with Crippen LogP contribution in [0.5, 0.6) is 0 Å². The number of nitrogens with zero attached hydrogens (tertiary/aromatic N) is 4. The van der Waals surface area contributed by atoms with Crippen molar-refractivity contribution in [2.75, 3.05) is 10.4 Å². The molecule has 29 heavy (non-hydrogen) atoms. The fourth-order valence-electron chi connectivity index (χ4n) is 3.72. The first-order valence-corrected chi connectivity index (χ1v) is 10.3. The summed E-state index contributed by atoms with van der Waals surface area (Å²) >= 11 is 1.59. The predicted molar refractivity (Wildman–Crippen MR) is 118 cm³/mol. The first kappa shape index (κ1) is 17.6. The minimum Gasteiger partial charge on any atom is -0.306 e. The molecule has 3 aromatic heterocycles. The summed E-state index contributed by atoms with van der Waals surface area (Å²) in [5.74, 6) is 0. The number of pyridine rings is 2. The number of fused-ring (bicyclic) bond motifs is 2. The molecule has 1 aromatic carbocycles. The van der Waals surface area contributed by atoms with Crippen LogP contribution in [-0.4, -0.2) is 14.5 Å². The molecule has 4 aromatic rings. The molecule has 0 bridgehead atoms. The summed E-state index contributed by atoms with van der Waals surface area (Å²) in [6, 6.07) is 15.4. The summed E-state index contributed by atoms with van der Waals surface area (Å²) in [6.45, 7) is 6.80. The highest BCUT2D eigenvalue weighted by molar-refractivity contribution is 7.22. The molecule has 0 amide bonds. The van der Waals surface area contributed by atoms with Gasteiger partial charge in [-0.2, -0.15) is 0 Å². The van der Waals surface area contributed by atoms with E-state index in [0.717, 1.165) is 43.7 Å². The Morgan fingerprint density at radius 3 is 2.76 bits per heavy atom. The van der Waals surface area contributed by atoms with Crippen LogP contribution in [0.15, 0.2) is 66.1 Å². The van der Waals surface area contributed by atoms with Crippen LogP contribution in [0.4, 0.5) is 10.8 Å². The Hall–Kier alpha value is -3.45. The third kappa shape index (κ3) is 2.91. The number of hydrazine groups is 1. The summed E-state index contributed by atoms with van der Waals surface area (Å²) in [5.41, 5.74) is 8.53. The molecule has 1 aliphatic heterocycles. The number of rotatable bonds is 4. The number of benzene rings is 1. The van der Waals surface area contributed by atoms with Crippen LogP contribution in [0, 0.1) is 0 Å². The van der Waals surface area contributed by atoms with Gasteiger partial charge in [0.05, 0.1) is 33.8 Å². The van der Waals surface area contributed by atoms with Gasteiger partial charge in [-0.25, -0.2) is 9.99 Å². The number of nitrogens with one attached hydrogen (secondary N) is 1. The van der Waals surface area contributed by atoms with E-state index in [1.807, 2.05) is 41.4 Å². The van der Waals surface area contributed by atoms with Gasteiger partial charge in [0.15, 0.2) is 0 Å². The standard InChI is InChI=1S/C22H19N5OS/c1-3-18-21-14(2)27(22-24-16-9-4-5-10-19(16)29-22)25-17(21)12-20(28)26(18)13-15-8-6-7-11-23-15/h4-12,25H,2-3,13H2,1H3. The van der Waals surface area contributed by atoms with Gasteiger partial charge < -0.3 is 4.57 Å². The van der Waals surface area contributed by atoms with Crippen molar-refractivity contribution in [3.63, 3.8) is 0 Å². The molecule has 6 nitrogen and oxygen atoms in total. The molecule has 0 saturated carbocycles. The van der Waals surface area contributed by atoms with E-state index in [9.17, 15) is 4.79 Å². The van der Waals surface area contributed by atoms with Crippen molar-refractivity contribution in [2.24, 2.45) is 0 Å². The molecular formula is C22H19N5OS. The molecule has 1 aliphatic rings. The number of thiazole rings is 1. The second kappa shape index (κ2) is 6.86. The van der Waals surface area contributed by atoms with Crippen molar-refractivity contribution < 1.29 is 0 Å². The lowest BCUT2D eigenvalue weighted by molar-refractivity contribution is 0.692. The highest BCUT2D eigenvalue weighted by Gasteiger charge is 2.30. The third-order valence-corrected chi connectivity index (χ3v) is 6.08. The molecule has 0 aliphatic carbocycles. The third-order valence-electron chi connectivity index (χ3n) is 5.06. The minimum absolute atomic E-state index is 0.0577. The van der Waals surface area contributed by atoms with Crippen LogP contribution in [0.25, 0.3) is 15.9 Å². The summed E-state index contributed by atoms with van der Waals surface area (Å²) in [7, 11) is 0. The second-order valence-electron chi connectivity index (χ2n) is 6.84. The van der Waals surface area contributed by atoms with Crippen LogP contribution >= 0.6 is 11.3 Å². The maximum absolute atomic E-state index is 12.9. The van der Waals surface area contributed by atoms with Gasteiger partial charge in [-0.3, -0.25) is 15.2 Å². The summed E-state index contributed by atoms with van der Waals surface area (Å²) < 4.78 is 2.90. The molecule has 0 spiro atoms. The Kier molecular flexibility index (Phi) is 4.17. The first-order chi connectivity index (χ1) is 14.2. The molecule has 0 unspecified atom stereocenters. The van der Waals surface area contributed by atoms with Crippen molar-refractivity contribution in [1.82, 2.24) is 14.5 Å². The van der Waals surface area contributed by atoms with Gasteiger partial charge in [0.25, 0.3) is 5.56 Å². The number of aromatic nitrogens is 3. The molecule has 1 N–H and O–H groups in total. The fraction of sp³-hybridized carbons (Fsp3) is 0.136. The van der Waals surface area contributed by atoms with Gasteiger partial charge in [-0.05, 0) is 30.7 Å². The van der Waals surface area contributed by atoms with Crippen molar-refractivity contribution >= 4 is 38.1 Å². The average molecular weight is 401 g/mol. The monoisotopic (exact) mass is 401 g/mol. The van der Waals surface area contributed by atoms with E-state index in [-0.39, 0.29) is 5.56 Å². The van der Waals surface area contributed by atoms with Gasteiger partial charge in [0, 0.05) is 23.5 Å². The van der Waals surface area contributed by atoms with Crippen molar-refractivity contribution in [3.05, 3.63) is 88.6 Å². The summed E-state index contributed by atoms with van der Waals surface area (Å²) in [4.78, 5) is 22.0. The summed E-state index contributed by atoms with van der Waals surface area (Å²) in [5, 5.41) is 2.68. The van der Waals surface area contributed by atoms with Crippen molar-refractivity contribution in [2.45, 2.75) is 19.9 Å². The Morgan fingerprint density at radius 1 is 1.17 bits per heavy atom. The lowest BCUT2D eigenvalue weighted by Crippen LogP contribution is -2.25. The van der Waals surface area contributed by atoms with E-state index >= 15 is 0 Å². The van der Waals surface area contributed by atoms with Crippen molar-refractivity contribution in [1.29, 1.82) is 0 Å². The Labute approximate surface area is 171 Å². The van der Waals surface area contributed by atoms with Crippen LogP contribution in [0.1, 0.15) is 23.9 Å². The smallest absolute Gasteiger partial charge is 0.253 e. The van der Waals surface area contributed by atoms with Crippen molar-refractivity contribution in [3.8, 4) is 0 Å². The molecule has 0 radical (unpaired) electrons. The Bertz CT molecular complexity index is 1260. The van der Waals surface area contributed by atoms with Gasteiger partial charge >= 0.3 is 0 Å². The van der Waals surface area contributed by atoms with Crippen LogP contribution in [0.3, 0.4) is 0 Å². The lowest BCUT2D eigenvalue weighted by atomic mass is 10.1. The highest BCUT2D eigenvalue weighted by Crippen LogP contribution is 2.40. The zero-order chi connectivity index (χ0) is 20.0. The molecule has 144 valence electrons. The highest BCUT2D eigenvalue weighted by atomic mass is 32.1. The number of hydrogen-bond donors (Lipinski definition) is 1. The predicted octanol–water partition coefficient (Wildman–Crippen LogP) is 4.28. The largest absolute Gasteiger partial charge is 0.306 e. The summed E-state index contributed by atoms with van der Waals surface area (Å²) in [6.07, 6.45) is 2.45. The fourth-order valence-corrected chi connectivity index (χ4v) is 4.67. The minimum atomic E-state index is -0.0577. The van der Waals surface area contributed by atoms with E-state index in [0.29, 0.717) is 13.0 Å². The topological polar surface area (TPSA) is 63.1 Å². The Morgan fingerprint density at radius 2 is 2.00 bits per heavy atom. The molecule has 0 fully saturated rings. The maximum atomic E-state index is 12.9. The second-order valence-corrected chi connectivity index (χ2v) is 7.85. The Balaban J connectivity index is 1.58. The van der Waals surface area contributed by atoms with Crippen LogP contribution in [-0.2, 0) is 13.0 Å². The zero-order valence-electron chi connectivity index (χ0n) is 15.9. The lowest BCUT2D eigenvalue weighted by Gasteiger charge is -2.16. The van der Waals surface area contributed by atoms with Gasteiger partial charge in [0.2, 0.25) is 5.13 Å². The normalized spacial score (nSPS) is 13.0. The number of hydrogen-bond acceptors (Lipinski definition) is 6. The van der Waals surface area contributed by atoms with Gasteiger partial charge in [0.1, 0.15) is 0 Å². The molecule has 0 atom stereocenters. The first-order valence-electron chi connectivity index (χ1n) is 9.44. The van der Waals surface area contributed by atoms with Gasteiger partial charge in [-0.15, -0.1) is 0 Å². The SMILES string of the molecule is C=C1c2c(cc(=O)n(Cc3ccccn3)c2CC)NN1c1nc2ccccc2s1. The molecular weight excluding hydrogens is 382 g/mol. The van der Waals surface area contributed by atoms with E-state index in [1.165, 1.54) is 0 Å². The van der Waals surface area contributed by atoms with Gasteiger partial charge in [-0.1, -0.05) is 43.0 Å². The van der Waals surface area contributed by atoms with Crippen LogP contribution < -0.4 is 16.0 Å². The van der Waals surface area contributed by atoms with E-state index in [4.69, 9.17) is 4.98 Å². The molecule has 4 heterocycles. The quantitative estimate of drug-likeness (QED) is 0.553.